The van der Waals surface area contributed by atoms with Gasteiger partial charge in [0.05, 0.1) is 11.5 Å². The molecular formula is C18H22N4O3S. The highest BCUT2D eigenvalue weighted by molar-refractivity contribution is 7.91. The Morgan fingerprint density at radius 3 is 2.46 bits per heavy atom. The van der Waals surface area contributed by atoms with Crippen molar-refractivity contribution >= 4 is 27.2 Å². The van der Waals surface area contributed by atoms with Crippen molar-refractivity contribution in [1.29, 1.82) is 0 Å². The molecule has 1 saturated heterocycles. The number of carbonyl (C=O) groups excluding carboxylic acids is 1. The number of nitrogens with one attached hydrogen (secondary N) is 1. The smallest absolute Gasteiger partial charge is 0.274 e. The highest BCUT2D eigenvalue weighted by Gasteiger charge is 2.31. The van der Waals surface area contributed by atoms with Crippen molar-refractivity contribution in [1.82, 2.24) is 9.97 Å². The summed E-state index contributed by atoms with van der Waals surface area (Å²) in [5, 5.41) is 2.85. The summed E-state index contributed by atoms with van der Waals surface area (Å²) in [4.78, 5) is 22.6. The molecule has 0 saturated carbocycles. The number of anilines is 2. The number of aryl methyl sites for hydroxylation is 2. The van der Waals surface area contributed by atoms with Gasteiger partial charge in [-0.1, -0.05) is 6.07 Å². The molecule has 1 unspecified atom stereocenters. The summed E-state index contributed by atoms with van der Waals surface area (Å²) < 4.78 is 23.4. The Bertz CT molecular complexity index is 923. The van der Waals surface area contributed by atoms with E-state index in [1.807, 2.05) is 32.0 Å². The predicted octanol–water partition coefficient (Wildman–Crippen LogP) is 1.97. The van der Waals surface area contributed by atoms with E-state index in [9.17, 15) is 13.2 Å². The van der Waals surface area contributed by atoms with Crippen LogP contribution < -0.4 is 10.2 Å². The molecule has 0 radical (unpaired) electrons. The predicted molar refractivity (Wildman–Crippen MR) is 101 cm³/mol. The monoisotopic (exact) mass is 374 g/mol. The van der Waals surface area contributed by atoms with E-state index in [1.165, 1.54) is 6.33 Å². The van der Waals surface area contributed by atoms with Crippen LogP contribution in [0.15, 0.2) is 30.6 Å². The quantitative estimate of drug-likeness (QED) is 0.880. The number of aromatic nitrogens is 2. The van der Waals surface area contributed by atoms with Crippen molar-refractivity contribution in [2.75, 3.05) is 28.8 Å². The Hall–Kier alpha value is -2.48. The maximum Gasteiger partial charge on any atom is 0.274 e. The number of nitrogens with zero attached hydrogens (tertiary/aromatic N) is 3. The summed E-state index contributed by atoms with van der Waals surface area (Å²) in [6.07, 6.45) is 1.89. The van der Waals surface area contributed by atoms with Gasteiger partial charge >= 0.3 is 0 Å². The highest BCUT2D eigenvalue weighted by atomic mass is 32.2. The maximum atomic E-state index is 12.5. The molecule has 2 aromatic rings. The van der Waals surface area contributed by atoms with Gasteiger partial charge in [0.25, 0.3) is 5.91 Å². The van der Waals surface area contributed by atoms with Gasteiger partial charge in [-0.05, 0) is 43.5 Å². The molecule has 26 heavy (non-hydrogen) atoms. The third-order valence-corrected chi connectivity index (χ3v) is 6.23. The standard InChI is InChI=1S/C18H22N4O3S/c1-12-6-13(2)8-14(7-12)21-18(23)16-9-17(20-11-19-16)22(3)15-4-5-26(24,25)10-15/h6-9,11,15H,4-5,10H2,1-3H3,(H,21,23). The zero-order valence-corrected chi connectivity index (χ0v) is 15.9. The summed E-state index contributed by atoms with van der Waals surface area (Å²) in [7, 11) is -1.20. The van der Waals surface area contributed by atoms with Gasteiger partial charge in [0, 0.05) is 24.8 Å². The Morgan fingerprint density at radius 1 is 1.15 bits per heavy atom. The van der Waals surface area contributed by atoms with Crippen LogP contribution in [0.25, 0.3) is 0 Å². The van der Waals surface area contributed by atoms with Gasteiger partial charge < -0.3 is 10.2 Å². The van der Waals surface area contributed by atoms with E-state index in [4.69, 9.17) is 0 Å². The first-order valence-electron chi connectivity index (χ1n) is 8.38. The number of sulfone groups is 1. The van der Waals surface area contributed by atoms with E-state index < -0.39 is 9.84 Å². The van der Waals surface area contributed by atoms with E-state index in [2.05, 4.69) is 15.3 Å². The van der Waals surface area contributed by atoms with Crippen molar-refractivity contribution in [3.8, 4) is 0 Å². The second-order valence-electron chi connectivity index (χ2n) is 6.76. The molecule has 0 aliphatic carbocycles. The fourth-order valence-electron chi connectivity index (χ4n) is 3.17. The van der Waals surface area contributed by atoms with Gasteiger partial charge in [0.1, 0.15) is 17.8 Å². The second-order valence-corrected chi connectivity index (χ2v) is 8.99. The van der Waals surface area contributed by atoms with Crippen molar-refractivity contribution in [2.45, 2.75) is 26.3 Å². The van der Waals surface area contributed by atoms with Crippen molar-refractivity contribution in [3.63, 3.8) is 0 Å². The molecule has 1 N–H and O–H groups in total. The molecule has 1 aromatic heterocycles. The van der Waals surface area contributed by atoms with Crippen molar-refractivity contribution in [2.24, 2.45) is 0 Å². The molecule has 0 spiro atoms. The van der Waals surface area contributed by atoms with Crippen molar-refractivity contribution < 1.29 is 13.2 Å². The fourth-order valence-corrected chi connectivity index (χ4v) is 4.95. The van der Waals surface area contributed by atoms with Crippen LogP contribution in [0.3, 0.4) is 0 Å². The van der Waals surface area contributed by atoms with E-state index in [0.29, 0.717) is 17.9 Å². The molecule has 1 aliphatic heterocycles. The normalized spacial score (nSPS) is 18.5. The van der Waals surface area contributed by atoms with Crippen LogP contribution in [-0.4, -0.2) is 48.9 Å². The van der Waals surface area contributed by atoms with Gasteiger partial charge in [-0.15, -0.1) is 0 Å². The largest absolute Gasteiger partial charge is 0.356 e. The third-order valence-electron chi connectivity index (χ3n) is 4.48. The minimum atomic E-state index is -2.99. The Labute approximate surface area is 153 Å². The minimum absolute atomic E-state index is 0.109. The van der Waals surface area contributed by atoms with Crippen molar-refractivity contribution in [3.05, 3.63) is 47.4 Å². The third kappa shape index (κ3) is 4.19. The first kappa shape index (κ1) is 18.3. The van der Waals surface area contributed by atoms with E-state index in [1.54, 1.807) is 18.0 Å². The summed E-state index contributed by atoms with van der Waals surface area (Å²) in [6, 6.07) is 7.27. The summed E-state index contributed by atoms with van der Waals surface area (Å²) >= 11 is 0. The molecule has 1 atom stereocenters. The lowest BCUT2D eigenvalue weighted by atomic mass is 10.1. The number of benzene rings is 1. The van der Waals surface area contributed by atoms with Gasteiger partial charge in [-0.25, -0.2) is 18.4 Å². The molecule has 1 aromatic carbocycles. The molecule has 1 fully saturated rings. The number of carbonyl (C=O) groups is 1. The zero-order chi connectivity index (χ0) is 18.9. The van der Waals surface area contributed by atoms with Crippen LogP contribution in [0.5, 0.6) is 0 Å². The van der Waals surface area contributed by atoms with Crippen LogP contribution in [0.2, 0.25) is 0 Å². The van der Waals surface area contributed by atoms with Crippen LogP contribution in [0.4, 0.5) is 11.5 Å². The van der Waals surface area contributed by atoms with E-state index >= 15 is 0 Å². The van der Waals surface area contributed by atoms with Crippen LogP contribution in [0.1, 0.15) is 28.0 Å². The minimum Gasteiger partial charge on any atom is -0.356 e. The first-order chi connectivity index (χ1) is 12.2. The molecular weight excluding hydrogens is 352 g/mol. The van der Waals surface area contributed by atoms with E-state index in [0.717, 1.165) is 11.1 Å². The molecule has 1 amide bonds. The Morgan fingerprint density at radius 2 is 1.85 bits per heavy atom. The maximum absolute atomic E-state index is 12.5. The van der Waals surface area contributed by atoms with Crippen LogP contribution >= 0.6 is 0 Å². The van der Waals surface area contributed by atoms with Gasteiger partial charge in [-0.2, -0.15) is 0 Å². The number of hydrogen-bond acceptors (Lipinski definition) is 6. The van der Waals surface area contributed by atoms with E-state index in [-0.39, 0.29) is 29.1 Å². The number of rotatable bonds is 4. The zero-order valence-electron chi connectivity index (χ0n) is 15.1. The van der Waals surface area contributed by atoms with Gasteiger partial charge in [0.2, 0.25) is 0 Å². The van der Waals surface area contributed by atoms with Gasteiger partial charge in [0.15, 0.2) is 9.84 Å². The Balaban J connectivity index is 1.77. The molecule has 138 valence electrons. The van der Waals surface area contributed by atoms with Crippen LogP contribution in [0, 0.1) is 13.8 Å². The Kier molecular flexibility index (Phi) is 4.95. The second kappa shape index (κ2) is 7.03. The lowest BCUT2D eigenvalue weighted by Gasteiger charge is -2.24. The average molecular weight is 374 g/mol. The fraction of sp³-hybridized carbons (Fsp3) is 0.389. The van der Waals surface area contributed by atoms with Crippen LogP contribution in [-0.2, 0) is 9.84 Å². The molecule has 1 aliphatic rings. The lowest BCUT2D eigenvalue weighted by molar-refractivity contribution is 0.102. The first-order valence-corrected chi connectivity index (χ1v) is 10.2. The molecule has 7 nitrogen and oxygen atoms in total. The number of amides is 1. The molecule has 0 bridgehead atoms. The summed E-state index contributed by atoms with van der Waals surface area (Å²) in [5.41, 5.74) is 3.07. The molecule has 3 rings (SSSR count). The summed E-state index contributed by atoms with van der Waals surface area (Å²) in [5.74, 6) is 0.504. The molecule has 2 heterocycles. The SMILES string of the molecule is Cc1cc(C)cc(NC(=O)c2cc(N(C)C3CCS(=O)(=O)C3)ncn2)c1. The average Bonchev–Trinajstić information content (AvgIpc) is 2.93. The molecule has 8 heteroatoms. The van der Waals surface area contributed by atoms with Gasteiger partial charge in [-0.3, -0.25) is 4.79 Å². The highest BCUT2D eigenvalue weighted by Crippen LogP contribution is 2.22. The topological polar surface area (TPSA) is 92.3 Å². The lowest BCUT2D eigenvalue weighted by Crippen LogP contribution is -2.33. The number of hydrogen-bond donors (Lipinski definition) is 1. The summed E-state index contributed by atoms with van der Waals surface area (Å²) in [6.45, 7) is 3.94.